The summed E-state index contributed by atoms with van der Waals surface area (Å²) in [7, 11) is 1.67. The molecule has 0 bridgehead atoms. The lowest BCUT2D eigenvalue weighted by atomic mass is 10.3. The second kappa shape index (κ2) is 6.10. The maximum absolute atomic E-state index is 12.6. The summed E-state index contributed by atoms with van der Waals surface area (Å²) >= 11 is 1.60. The molecule has 0 spiro atoms. The Morgan fingerprint density at radius 3 is 2.61 bits per heavy atom. The smallest absolute Gasteiger partial charge is 0.359 e. The fourth-order valence-corrected chi connectivity index (χ4v) is 1.64. The Hall–Kier alpha value is -1.22. The van der Waals surface area contributed by atoms with E-state index in [-0.39, 0.29) is 11.8 Å². The van der Waals surface area contributed by atoms with Crippen molar-refractivity contribution in [3.63, 3.8) is 0 Å². The number of nitrogens with zero attached hydrogens (tertiary/aromatic N) is 3. The number of thioether (sulfide) groups is 1. The number of hydrogen-bond donors (Lipinski definition) is 2. The van der Waals surface area contributed by atoms with Crippen LogP contribution in [-0.4, -0.2) is 35.6 Å². The summed E-state index contributed by atoms with van der Waals surface area (Å²) in [6, 6.07) is 0.904. The van der Waals surface area contributed by atoms with E-state index >= 15 is 0 Å². The van der Waals surface area contributed by atoms with Gasteiger partial charge in [0.25, 0.3) is 0 Å². The molecule has 0 saturated carbocycles. The first-order valence-corrected chi connectivity index (χ1v) is 6.41. The highest BCUT2D eigenvalue weighted by atomic mass is 32.2. The second-order valence-electron chi connectivity index (χ2n) is 3.49. The maximum atomic E-state index is 12.6. The first-order chi connectivity index (χ1) is 8.38. The van der Waals surface area contributed by atoms with E-state index in [0.717, 1.165) is 11.8 Å². The standard InChI is InChI=1S/C9H14F3N5S/c1-17(3-4-18-2)7-5-6(9(10,11)12)14-8(15-7)16-13/h5H,3-4,13H2,1-2H3,(H,14,15,16). The second-order valence-corrected chi connectivity index (χ2v) is 4.48. The van der Waals surface area contributed by atoms with Crippen molar-refractivity contribution in [3.8, 4) is 0 Å². The number of hydrazine groups is 1. The molecule has 9 heteroatoms. The fraction of sp³-hybridized carbons (Fsp3) is 0.556. The number of halogens is 3. The van der Waals surface area contributed by atoms with Crippen LogP contribution in [0.5, 0.6) is 0 Å². The fourth-order valence-electron chi connectivity index (χ4n) is 1.18. The predicted octanol–water partition coefficient (Wildman–Crippen LogP) is 1.58. The summed E-state index contributed by atoms with van der Waals surface area (Å²) in [5, 5.41) is 0. The zero-order valence-electron chi connectivity index (χ0n) is 9.95. The Bertz CT molecular complexity index is 398. The largest absolute Gasteiger partial charge is 0.433 e. The monoisotopic (exact) mass is 281 g/mol. The van der Waals surface area contributed by atoms with Gasteiger partial charge in [0.15, 0.2) is 5.69 Å². The highest BCUT2D eigenvalue weighted by Gasteiger charge is 2.34. The zero-order chi connectivity index (χ0) is 13.8. The van der Waals surface area contributed by atoms with Crippen molar-refractivity contribution in [2.45, 2.75) is 6.18 Å². The van der Waals surface area contributed by atoms with Gasteiger partial charge in [0.2, 0.25) is 5.95 Å². The number of aromatic nitrogens is 2. The van der Waals surface area contributed by atoms with Gasteiger partial charge in [0.05, 0.1) is 0 Å². The number of hydrogen-bond acceptors (Lipinski definition) is 6. The number of nitrogen functional groups attached to an aromatic ring is 1. The highest BCUT2D eigenvalue weighted by Crippen LogP contribution is 2.30. The third-order valence-electron chi connectivity index (χ3n) is 2.15. The van der Waals surface area contributed by atoms with Gasteiger partial charge in [-0.15, -0.1) is 0 Å². The topological polar surface area (TPSA) is 67.1 Å². The molecule has 0 aromatic carbocycles. The Kier molecular flexibility index (Phi) is 5.03. The molecule has 3 N–H and O–H groups in total. The van der Waals surface area contributed by atoms with Crippen LogP contribution in [0.3, 0.4) is 0 Å². The van der Waals surface area contributed by atoms with Crippen LogP contribution in [0.2, 0.25) is 0 Å². The van der Waals surface area contributed by atoms with Gasteiger partial charge in [0, 0.05) is 25.4 Å². The lowest BCUT2D eigenvalue weighted by molar-refractivity contribution is -0.141. The van der Waals surface area contributed by atoms with Crippen LogP contribution >= 0.6 is 11.8 Å². The Morgan fingerprint density at radius 2 is 2.11 bits per heavy atom. The number of anilines is 2. The molecule has 5 nitrogen and oxygen atoms in total. The van der Waals surface area contributed by atoms with Crippen molar-refractivity contribution in [2.75, 3.05) is 35.9 Å². The molecule has 1 rings (SSSR count). The molecular weight excluding hydrogens is 267 g/mol. The van der Waals surface area contributed by atoms with Gasteiger partial charge in [-0.3, -0.25) is 5.43 Å². The molecule has 0 amide bonds. The van der Waals surface area contributed by atoms with E-state index in [1.807, 2.05) is 11.7 Å². The summed E-state index contributed by atoms with van der Waals surface area (Å²) in [6.07, 6.45) is -2.61. The summed E-state index contributed by atoms with van der Waals surface area (Å²) in [5.41, 5.74) is 1.02. The van der Waals surface area contributed by atoms with E-state index in [2.05, 4.69) is 9.97 Å². The Balaban J connectivity index is 3.04. The van der Waals surface area contributed by atoms with Crippen molar-refractivity contribution in [2.24, 2.45) is 5.84 Å². The molecule has 18 heavy (non-hydrogen) atoms. The molecule has 0 saturated heterocycles. The van der Waals surface area contributed by atoms with Gasteiger partial charge in [-0.1, -0.05) is 0 Å². The van der Waals surface area contributed by atoms with Crippen LogP contribution in [-0.2, 0) is 6.18 Å². The van der Waals surface area contributed by atoms with Gasteiger partial charge in [0.1, 0.15) is 5.82 Å². The van der Waals surface area contributed by atoms with Crippen LogP contribution in [0.1, 0.15) is 5.69 Å². The van der Waals surface area contributed by atoms with E-state index in [4.69, 9.17) is 5.84 Å². The molecule has 1 heterocycles. The lowest BCUT2D eigenvalue weighted by Crippen LogP contribution is -2.24. The van der Waals surface area contributed by atoms with Crippen molar-refractivity contribution in [1.29, 1.82) is 0 Å². The maximum Gasteiger partial charge on any atom is 0.433 e. The molecule has 0 aliphatic heterocycles. The molecule has 0 fully saturated rings. The van der Waals surface area contributed by atoms with Crippen molar-refractivity contribution in [3.05, 3.63) is 11.8 Å². The quantitative estimate of drug-likeness (QED) is 0.631. The molecule has 0 atom stereocenters. The third kappa shape index (κ3) is 3.91. The van der Waals surface area contributed by atoms with Crippen LogP contribution in [0.15, 0.2) is 6.07 Å². The number of rotatable bonds is 5. The van der Waals surface area contributed by atoms with E-state index in [1.165, 1.54) is 0 Å². The lowest BCUT2D eigenvalue weighted by Gasteiger charge is -2.19. The average molecular weight is 281 g/mol. The minimum absolute atomic E-state index is 0.180. The predicted molar refractivity (Wildman–Crippen MR) is 66.5 cm³/mol. The molecule has 0 unspecified atom stereocenters. The highest BCUT2D eigenvalue weighted by molar-refractivity contribution is 7.98. The summed E-state index contributed by atoms with van der Waals surface area (Å²) < 4.78 is 37.9. The van der Waals surface area contributed by atoms with Crippen molar-refractivity contribution >= 4 is 23.5 Å². The molecular formula is C9H14F3N5S. The van der Waals surface area contributed by atoms with Crippen molar-refractivity contribution < 1.29 is 13.2 Å². The first kappa shape index (κ1) is 14.8. The van der Waals surface area contributed by atoms with Gasteiger partial charge in [-0.05, 0) is 6.26 Å². The summed E-state index contributed by atoms with van der Waals surface area (Å²) in [5.74, 6) is 5.78. The number of nitrogens with two attached hydrogens (primary N) is 1. The van der Waals surface area contributed by atoms with Gasteiger partial charge < -0.3 is 4.90 Å². The van der Waals surface area contributed by atoms with E-state index in [0.29, 0.717) is 6.54 Å². The van der Waals surface area contributed by atoms with E-state index < -0.39 is 11.9 Å². The molecule has 0 aliphatic carbocycles. The SMILES string of the molecule is CSCCN(C)c1cc(C(F)(F)F)nc(NN)n1. The Morgan fingerprint density at radius 1 is 1.44 bits per heavy atom. The molecule has 0 aliphatic rings. The zero-order valence-corrected chi connectivity index (χ0v) is 10.8. The third-order valence-corrected chi connectivity index (χ3v) is 2.74. The number of alkyl halides is 3. The van der Waals surface area contributed by atoms with Crippen LogP contribution in [0, 0.1) is 0 Å². The normalized spacial score (nSPS) is 11.4. The minimum Gasteiger partial charge on any atom is -0.359 e. The number of nitrogens with one attached hydrogen (secondary N) is 1. The molecule has 1 aromatic rings. The average Bonchev–Trinajstić information content (AvgIpc) is 2.34. The summed E-state index contributed by atoms with van der Waals surface area (Å²) in [6.45, 7) is 0.583. The molecule has 1 aromatic heterocycles. The first-order valence-electron chi connectivity index (χ1n) is 5.01. The Labute approximate surface area is 107 Å². The minimum atomic E-state index is -4.52. The van der Waals surface area contributed by atoms with Crippen molar-refractivity contribution in [1.82, 2.24) is 9.97 Å². The summed E-state index contributed by atoms with van der Waals surface area (Å²) in [4.78, 5) is 8.79. The van der Waals surface area contributed by atoms with Crippen LogP contribution in [0.25, 0.3) is 0 Å². The van der Waals surface area contributed by atoms with E-state index in [9.17, 15) is 13.2 Å². The van der Waals surface area contributed by atoms with E-state index in [1.54, 1.807) is 23.7 Å². The van der Waals surface area contributed by atoms with Gasteiger partial charge in [-0.2, -0.15) is 29.9 Å². The van der Waals surface area contributed by atoms with Crippen LogP contribution in [0.4, 0.5) is 24.9 Å². The van der Waals surface area contributed by atoms with Gasteiger partial charge >= 0.3 is 6.18 Å². The molecule has 0 radical (unpaired) electrons. The van der Waals surface area contributed by atoms with Gasteiger partial charge in [-0.25, -0.2) is 10.8 Å². The molecule has 102 valence electrons. The van der Waals surface area contributed by atoms with Crippen LogP contribution < -0.4 is 16.2 Å².